The van der Waals surface area contributed by atoms with E-state index in [9.17, 15) is 0 Å². The fourth-order valence-electron chi connectivity index (χ4n) is 0. The Balaban J connectivity index is 0. The van der Waals surface area contributed by atoms with Crippen LogP contribution >= 0.6 is 0 Å². The van der Waals surface area contributed by atoms with Crippen LogP contribution < -0.4 is 0 Å². The summed E-state index contributed by atoms with van der Waals surface area (Å²) in [5.41, 5.74) is 0. The van der Waals surface area contributed by atoms with E-state index in [1.54, 1.807) is 0 Å². The second-order valence-corrected chi connectivity index (χ2v) is 0. The number of hydrogen-bond donors (Lipinski definition) is 0. The third-order valence-electron chi connectivity index (χ3n) is 0. The minimum absolute atomic E-state index is 0. The van der Waals surface area contributed by atoms with E-state index >= 15 is 0 Å². The molecule has 0 amide bonds. The summed E-state index contributed by atoms with van der Waals surface area (Å²) < 4.78 is 0. The Morgan fingerprint density at radius 2 is 0.0833 bits per heavy atom. The van der Waals surface area contributed by atoms with Gasteiger partial charge >= 0.3 is 104 Å². The first kappa shape index (κ1) is 2810. The molecule has 24 heteroatoms. The Labute approximate surface area is 201 Å². The van der Waals surface area contributed by atoms with E-state index in [1.807, 2.05) is 0 Å². The summed E-state index contributed by atoms with van der Waals surface area (Å²) in [4.78, 5) is 0. The van der Waals surface area contributed by atoms with Gasteiger partial charge in [-0.1, -0.05) is 0 Å². The molecule has 0 aliphatic rings. The molecule has 0 aromatic carbocycles. The molecule has 0 rings (SSSR count). The first-order valence-electron chi connectivity index (χ1n) is 0. The molecule has 0 saturated heterocycles. The Hall–Kier alpha value is 2.47. The molecule has 24 heavy (non-hydrogen) atoms. The Kier molecular flexibility index (Phi) is 291000. The second kappa shape index (κ2) is 2490. The van der Waals surface area contributed by atoms with Gasteiger partial charge in [0.15, 0.2) is 0 Å². The zero-order valence-corrected chi connectivity index (χ0v) is 18.4. The molecule has 144 valence electrons. The van der Waals surface area contributed by atoms with Crippen molar-refractivity contribution in [2.45, 2.75) is 0 Å². The second-order valence-electron chi connectivity index (χ2n) is 0. The molecule has 0 unspecified atom stereocenters. The van der Waals surface area contributed by atoms with Crippen LogP contribution in [-0.4, -0.2) is 203 Å². The van der Waals surface area contributed by atoms with Crippen LogP contribution in [0, 0.1) is 0 Å². The van der Waals surface area contributed by atoms with Gasteiger partial charge in [-0.15, -0.1) is 0 Å². The molecular weight excluding hydrogens is 450 g/mol. The van der Waals surface area contributed by atoms with Crippen molar-refractivity contribution in [3.63, 3.8) is 0 Å². The van der Waals surface area contributed by atoms with Gasteiger partial charge < -0.3 is 98.6 Å². The van der Waals surface area contributed by atoms with Crippen molar-refractivity contribution in [3.8, 4) is 0 Å². The van der Waals surface area contributed by atoms with Crippen LogP contribution in [0.4, 0.5) is 0 Å². The summed E-state index contributed by atoms with van der Waals surface area (Å²) in [7, 11) is 0. The van der Waals surface area contributed by atoms with Gasteiger partial charge in [0.25, 0.3) is 0 Å². The molecule has 18 N–H and O–H groups in total. The monoisotopic (exact) mass is 468 g/mol. The first-order chi connectivity index (χ1) is 0. The van der Waals surface area contributed by atoms with Crippen molar-refractivity contribution >= 4 is 104 Å². The van der Waals surface area contributed by atoms with E-state index < -0.39 is 0 Å². The van der Waals surface area contributed by atoms with E-state index in [0.29, 0.717) is 0 Å². The van der Waals surface area contributed by atoms with Crippen LogP contribution in [0.15, 0.2) is 0 Å². The van der Waals surface area contributed by atoms with E-state index in [-0.39, 0.29) is 203 Å². The van der Waals surface area contributed by atoms with E-state index in [2.05, 4.69) is 0 Å². The molecule has 0 aromatic rings. The van der Waals surface area contributed by atoms with Crippen molar-refractivity contribution in [1.82, 2.24) is 0 Å². The van der Waals surface area contributed by atoms with Crippen molar-refractivity contribution in [1.29, 1.82) is 0 Å². The molecule has 0 aliphatic carbocycles. The summed E-state index contributed by atoms with van der Waals surface area (Å²) in [6.45, 7) is 0. The maximum atomic E-state index is 0. The summed E-state index contributed by atoms with van der Waals surface area (Å²) in [5, 5.41) is 0. The molecule has 0 saturated carbocycles. The van der Waals surface area contributed by atoms with E-state index in [0.717, 1.165) is 0 Å². The predicted octanol–water partition coefficient (Wildman–Crippen LogP) is -5.47. The van der Waals surface area contributed by atoms with Crippen LogP contribution in [0.25, 0.3) is 0 Å². The maximum absolute atomic E-state index is 0. The normalized spacial score (nSPS) is 0. The molecule has 0 spiro atoms. The molecule has 0 aromatic heterocycles. The SMILES string of the molecule is [Al+3].[Al+3].[Al+3].[Al+3].[Al+3].[Al+3].[OH-].[OH-].[OH-].[OH-].[OH-].[OH-].[OH-].[OH-].[OH-].[OH-].[OH-].[OH-].[OH-].[OH-].[OH-].[OH-].[OH-].[OH-]. The minimum Gasteiger partial charge on any atom is -0.870 e. The van der Waals surface area contributed by atoms with Gasteiger partial charge in [0.1, 0.15) is 0 Å². The average Bonchev–Trinajstić information content (AvgIpc) is 0. The van der Waals surface area contributed by atoms with Crippen LogP contribution in [0.2, 0.25) is 0 Å². The fraction of sp³-hybridized carbons (Fsp3) is 0. The molecule has 0 atom stereocenters. The maximum Gasteiger partial charge on any atom is 3.00 e. The molecule has 0 heterocycles. The van der Waals surface area contributed by atoms with Crippen molar-refractivity contribution < 1.29 is 98.6 Å². The van der Waals surface area contributed by atoms with Crippen molar-refractivity contribution in [2.75, 3.05) is 0 Å². The minimum atomic E-state index is 0. The zero-order valence-electron chi connectivity index (χ0n) is 11.5. The van der Waals surface area contributed by atoms with Crippen LogP contribution in [0.1, 0.15) is 0 Å². The topological polar surface area (TPSA) is 540 Å². The van der Waals surface area contributed by atoms with Gasteiger partial charge in [0.2, 0.25) is 0 Å². The Morgan fingerprint density at radius 3 is 0.0833 bits per heavy atom. The van der Waals surface area contributed by atoms with E-state index in [1.165, 1.54) is 0 Å². The van der Waals surface area contributed by atoms with Crippen molar-refractivity contribution in [3.05, 3.63) is 0 Å². The molecular formula is H18Al6O18. The number of hydrogen-bond acceptors (Lipinski definition) is 18. The van der Waals surface area contributed by atoms with E-state index in [4.69, 9.17) is 0 Å². The predicted molar refractivity (Wildman–Crippen MR) is 69.4 cm³/mol. The van der Waals surface area contributed by atoms with Gasteiger partial charge in [-0.2, -0.15) is 0 Å². The molecule has 0 aliphatic heterocycles. The summed E-state index contributed by atoms with van der Waals surface area (Å²) in [6, 6.07) is 0. The molecule has 0 fully saturated rings. The molecule has 18 nitrogen and oxygen atoms in total. The van der Waals surface area contributed by atoms with Crippen LogP contribution in [-0.2, 0) is 0 Å². The fourth-order valence-corrected chi connectivity index (χ4v) is 0. The quantitative estimate of drug-likeness (QED) is 0.299. The largest absolute Gasteiger partial charge is 3.00 e. The van der Waals surface area contributed by atoms with Gasteiger partial charge in [-0.05, 0) is 0 Å². The van der Waals surface area contributed by atoms with Gasteiger partial charge in [0.05, 0.1) is 0 Å². The third-order valence-corrected chi connectivity index (χ3v) is 0. The number of rotatable bonds is 0. The van der Waals surface area contributed by atoms with Gasteiger partial charge in [-0.3, -0.25) is 0 Å². The Bertz CT molecular complexity index is 19.5. The Morgan fingerprint density at radius 1 is 0.0833 bits per heavy atom. The molecule has 0 bridgehead atoms. The molecule has 0 radical (unpaired) electrons. The average molecular weight is 468 g/mol. The summed E-state index contributed by atoms with van der Waals surface area (Å²) in [5.74, 6) is 0. The summed E-state index contributed by atoms with van der Waals surface area (Å²) >= 11 is 0. The first-order valence-corrected chi connectivity index (χ1v) is 0. The van der Waals surface area contributed by atoms with Gasteiger partial charge in [-0.25, -0.2) is 0 Å². The zero-order chi connectivity index (χ0) is 0. The van der Waals surface area contributed by atoms with Gasteiger partial charge in [0, 0.05) is 0 Å². The van der Waals surface area contributed by atoms with Crippen LogP contribution in [0.5, 0.6) is 0 Å². The summed E-state index contributed by atoms with van der Waals surface area (Å²) in [6.07, 6.45) is 0. The smallest absolute Gasteiger partial charge is 0.870 e. The third kappa shape index (κ3) is 2200. The standard InChI is InChI=1S/6Al.18H2O/h;;;;;;18*1H2/q6*+3;;;;;;;;;;;;;;;;;;/p-18. The van der Waals surface area contributed by atoms with Crippen molar-refractivity contribution in [2.24, 2.45) is 0 Å². The van der Waals surface area contributed by atoms with Crippen LogP contribution in [0.3, 0.4) is 0 Å².